The predicted octanol–water partition coefficient (Wildman–Crippen LogP) is 5.37. The van der Waals surface area contributed by atoms with Crippen LogP contribution in [0.25, 0.3) is 17.1 Å². The Kier molecular flexibility index (Phi) is 6.77. The number of piperidine rings is 1. The molecule has 1 fully saturated rings. The van der Waals surface area contributed by atoms with Gasteiger partial charge in [0.2, 0.25) is 5.78 Å². The molecule has 0 aliphatic carbocycles. The van der Waals surface area contributed by atoms with Gasteiger partial charge in [0, 0.05) is 36.3 Å². The fourth-order valence-electron chi connectivity index (χ4n) is 4.73. The van der Waals surface area contributed by atoms with Crippen molar-refractivity contribution in [3.63, 3.8) is 0 Å². The van der Waals surface area contributed by atoms with Crippen LogP contribution < -0.4 is 9.47 Å². The van der Waals surface area contributed by atoms with Crippen molar-refractivity contribution in [1.29, 1.82) is 0 Å². The van der Waals surface area contributed by atoms with E-state index in [4.69, 9.17) is 14.2 Å². The average molecular weight is 527 g/mol. The van der Waals surface area contributed by atoms with Crippen LogP contribution in [0.2, 0.25) is 0 Å². The molecule has 9 nitrogen and oxygen atoms in total. The highest BCUT2D eigenvalue weighted by Gasteiger charge is 2.34. The molecule has 1 aromatic carbocycles. The van der Waals surface area contributed by atoms with Gasteiger partial charge in [-0.1, -0.05) is 0 Å². The van der Waals surface area contributed by atoms with Gasteiger partial charge in [-0.3, -0.25) is 9.89 Å². The lowest BCUT2D eigenvalue weighted by molar-refractivity contribution is -0.0507. The van der Waals surface area contributed by atoms with Crippen molar-refractivity contribution in [2.24, 2.45) is 5.92 Å². The molecular weight excluding hydrogens is 498 g/mol. The summed E-state index contributed by atoms with van der Waals surface area (Å²) >= 11 is 0. The van der Waals surface area contributed by atoms with Crippen molar-refractivity contribution in [2.45, 2.75) is 52.2 Å². The Hall–Kier alpha value is -4.02. The number of carbonyl (C=O) groups excluding carboxylic acids is 2. The molecule has 0 saturated carbocycles. The third kappa shape index (κ3) is 5.32. The average Bonchev–Trinajstić information content (AvgIpc) is 3.41. The second kappa shape index (κ2) is 10.0. The highest BCUT2D eigenvalue weighted by molar-refractivity contribution is 6.15. The Morgan fingerprint density at radius 2 is 2.03 bits per heavy atom. The molecule has 1 N–H and O–H groups in total. The Morgan fingerprint density at radius 3 is 2.74 bits per heavy atom. The second-order valence-corrected chi connectivity index (χ2v) is 10.4. The lowest BCUT2D eigenvalue weighted by atomic mass is 9.88. The highest BCUT2D eigenvalue weighted by atomic mass is 19.3. The van der Waals surface area contributed by atoms with Gasteiger partial charge in [-0.15, -0.1) is 0 Å². The molecule has 0 atom stereocenters. The lowest BCUT2D eigenvalue weighted by Crippen LogP contribution is -2.42. The standard InChI is InChI=1S/C27H28F2N4O5/c1-27(2,3)38-26(35)33-11-8-15(9-12-33)13-18-20(37-25(28)29)7-6-17-22(34)21(36-23(17)18)14-19-16-5-4-10-30-24(16)32-31-19/h4-7,10,14-15,25H,8-9,11-13H2,1-3H3,(H,30,31,32)/b21-14-. The van der Waals surface area contributed by atoms with Crippen LogP contribution in [-0.2, 0) is 11.2 Å². The quantitative estimate of drug-likeness (QED) is 0.446. The zero-order valence-corrected chi connectivity index (χ0v) is 21.3. The lowest BCUT2D eigenvalue weighted by Gasteiger charge is -2.33. The smallest absolute Gasteiger partial charge is 0.410 e. The SMILES string of the molecule is CC(C)(C)OC(=O)N1CCC(Cc2c(OC(F)F)ccc3c2O/C(=C\c2n[nH]c4ncccc24)C3=O)CC1. The topological polar surface area (TPSA) is 107 Å². The Morgan fingerprint density at radius 1 is 1.26 bits per heavy atom. The number of hydrogen-bond donors (Lipinski definition) is 1. The summed E-state index contributed by atoms with van der Waals surface area (Å²) in [4.78, 5) is 31.4. The molecule has 0 bridgehead atoms. The molecule has 11 heteroatoms. The van der Waals surface area contributed by atoms with Crippen molar-refractivity contribution in [1.82, 2.24) is 20.1 Å². The molecule has 200 valence electrons. The van der Waals surface area contributed by atoms with Crippen molar-refractivity contribution in [3.05, 3.63) is 53.0 Å². The van der Waals surface area contributed by atoms with Crippen molar-refractivity contribution < 1.29 is 32.6 Å². The number of rotatable bonds is 5. The van der Waals surface area contributed by atoms with E-state index in [9.17, 15) is 18.4 Å². The first-order valence-corrected chi connectivity index (χ1v) is 12.4. The number of amides is 1. The number of carbonyl (C=O) groups is 2. The summed E-state index contributed by atoms with van der Waals surface area (Å²) in [6, 6.07) is 6.39. The van der Waals surface area contributed by atoms with Crippen molar-refractivity contribution in [2.75, 3.05) is 13.1 Å². The number of ketones is 1. The van der Waals surface area contributed by atoms with Crippen LogP contribution in [0, 0.1) is 5.92 Å². The van der Waals surface area contributed by atoms with Gasteiger partial charge in [0.05, 0.1) is 11.3 Å². The van der Waals surface area contributed by atoms with Gasteiger partial charge < -0.3 is 19.1 Å². The fourth-order valence-corrected chi connectivity index (χ4v) is 4.73. The van der Waals surface area contributed by atoms with E-state index < -0.39 is 12.2 Å². The molecule has 0 radical (unpaired) electrons. The number of aromatic amines is 1. The number of likely N-dealkylation sites (tertiary alicyclic amines) is 1. The molecule has 1 amide bonds. The van der Waals surface area contributed by atoms with E-state index >= 15 is 0 Å². The van der Waals surface area contributed by atoms with Crippen LogP contribution in [0.5, 0.6) is 11.5 Å². The number of aromatic nitrogens is 3. The maximum atomic E-state index is 13.2. The van der Waals surface area contributed by atoms with Gasteiger partial charge >= 0.3 is 12.7 Å². The van der Waals surface area contributed by atoms with Gasteiger partial charge in [0.15, 0.2) is 11.4 Å². The number of benzene rings is 1. The molecule has 5 rings (SSSR count). The molecular formula is C27H28F2N4O5. The van der Waals surface area contributed by atoms with Gasteiger partial charge in [0.1, 0.15) is 17.1 Å². The number of fused-ring (bicyclic) bond motifs is 2. The Bertz CT molecular complexity index is 1400. The molecule has 2 aromatic heterocycles. The number of allylic oxidation sites excluding steroid dienone is 1. The number of alkyl halides is 2. The van der Waals surface area contributed by atoms with Gasteiger partial charge in [-0.25, -0.2) is 9.78 Å². The van der Waals surface area contributed by atoms with Crippen molar-refractivity contribution >= 4 is 29.0 Å². The van der Waals surface area contributed by atoms with Gasteiger partial charge in [-0.05, 0) is 70.2 Å². The number of nitrogens with one attached hydrogen (secondary N) is 1. The molecule has 2 aliphatic rings. The number of hydrogen-bond acceptors (Lipinski definition) is 7. The van der Waals surface area contributed by atoms with Gasteiger partial charge in [0.25, 0.3) is 0 Å². The number of Topliss-reactive ketones (excluding diaryl/α,β-unsaturated/α-hetero) is 1. The van der Waals surface area contributed by atoms with Crippen LogP contribution in [0.1, 0.15) is 55.2 Å². The Labute approximate surface area is 217 Å². The van der Waals surface area contributed by atoms with Crippen LogP contribution in [-0.4, -0.2) is 57.3 Å². The fraction of sp³-hybridized carbons (Fsp3) is 0.407. The van der Waals surface area contributed by atoms with Crippen LogP contribution in [0.15, 0.2) is 36.2 Å². The number of ether oxygens (including phenoxy) is 3. The second-order valence-electron chi connectivity index (χ2n) is 10.4. The first-order chi connectivity index (χ1) is 18.1. The minimum Gasteiger partial charge on any atom is -0.452 e. The minimum absolute atomic E-state index is 0.0307. The number of pyridine rings is 1. The number of nitrogens with zero attached hydrogens (tertiary/aromatic N) is 3. The first kappa shape index (κ1) is 25.6. The predicted molar refractivity (Wildman–Crippen MR) is 134 cm³/mol. The molecule has 4 heterocycles. The molecule has 0 spiro atoms. The minimum atomic E-state index is -3.03. The molecule has 3 aromatic rings. The van der Waals surface area contributed by atoms with Crippen LogP contribution >= 0.6 is 0 Å². The maximum Gasteiger partial charge on any atom is 0.410 e. The largest absolute Gasteiger partial charge is 0.452 e. The zero-order chi connectivity index (χ0) is 27.0. The summed E-state index contributed by atoms with van der Waals surface area (Å²) in [6.07, 6.45) is 4.39. The van der Waals surface area contributed by atoms with Crippen LogP contribution in [0.4, 0.5) is 13.6 Å². The molecule has 0 unspecified atom stereocenters. The third-order valence-corrected chi connectivity index (χ3v) is 6.51. The van der Waals surface area contributed by atoms with E-state index in [1.165, 1.54) is 18.2 Å². The van der Waals surface area contributed by atoms with Crippen molar-refractivity contribution in [3.8, 4) is 11.5 Å². The molecule has 1 saturated heterocycles. The Balaban J connectivity index is 1.38. The van der Waals surface area contributed by atoms with E-state index in [-0.39, 0.29) is 40.6 Å². The molecule has 2 aliphatic heterocycles. The summed E-state index contributed by atoms with van der Waals surface area (Å²) in [7, 11) is 0. The monoisotopic (exact) mass is 526 g/mol. The first-order valence-electron chi connectivity index (χ1n) is 12.4. The van der Waals surface area contributed by atoms with E-state index in [1.807, 2.05) is 26.8 Å². The summed E-state index contributed by atoms with van der Waals surface area (Å²) < 4.78 is 42.7. The van der Waals surface area contributed by atoms with Crippen LogP contribution in [0.3, 0.4) is 0 Å². The number of halogens is 2. The zero-order valence-electron chi connectivity index (χ0n) is 21.3. The van der Waals surface area contributed by atoms with E-state index in [2.05, 4.69) is 15.2 Å². The molecule has 38 heavy (non-hydrogen) atoms. The third-order valence-electron chi connectivity index (χ3n) is 6.51. The highest BCUT2D eigenvalue weighted by Crippen LogP contribution is 2.42. The summed E-state index contributed by atoms with van der Waals surface area (Å²) in [5.74, 6) is -0.0888. The summed E-state index contributed by atoms with van der Waals surface area (Å²) in [6.45, 7) is 3.36. The van der Waals surface area contributed by atoms with E-state index in [0.717, 1.165) is 0 Å². The summed E-state index contributed by atoms with van der Waals surface area (Å²) in [5, 5.41) is 7.73. The normalized spacial score (nSPS) is 17.3. The summed E-state index contributed by atoms with van der Waals surface area (Å²) in [5.41, 5.74) is 1.13. The maximum absolute atomic E-state index is 13.2. The van der Waals surface area contributed by atoms with E-state index in [0.29, 0.717) is 54.6 Å². The van der Waals surface area contributed by atoms with Gasteiger partial charge in [-0.2, -0.15) is 13.9 Å². The van der Waals surface area contributed by atoms with E-state index in [1.54, 1.807) is 17.2 Å². The number of H-pyrrole nitrogens is 1.